The van der Waals surface area contributed by atoms with Gasteiger partial charge in [-0.3, -0.25) is 4.79 Å². The van der Waals surface area contributed by atoms with Gasteiger partial charge in [-0.05, 0) is 23.8 Å². The van der Waals surface area contributed by atoms with Crippen LogP contribution in [-0.4, -0.2) is 33.2 Å². The molecule has 1 amide bonds. The lowest BCUT2D eigenvalue weighted by atomic mass is 10.1. The minimum atomic E-state index is -0.487. The molecule has 0 saturated carbocycles. The molecule has 0 atom stereocenters. The van der Waals surface area contributed by atoms with E-state index in [0.717, 1.165) is 11.1 Å². The first-order valence-electron chi connectivity index (χ1n) is 7.72. The summed E-state index contributed by atoms with van der Waals surface area (Å²) < 4.78 is 15.1. The number of carbonyl (C=O) groups excluding carboxylic acids is 2. The molecule has 132 valence electrons. The van der Waals surface area contributed by atoms with Gasteiger partial charge in [-0.1, -0.05) is 24.3 Å². The average Bonchev–Trinajstić information content (AvgIpc) is 2.65. The van der Waals surface area contributed by atoms with E-state index in [-0.39, 0.29) is 12.3 Å². The summed E-state index contributed by atoms with van der Waals surface area (Å²) in [6, 6.07) is 12.5. The quantitative estimate of drug-likeness (QED) is 0.781. The van der Waals surface area contributed by atoms with Crippen LogP contribution < -0.4 is 14.8 Å². The largest absolute Gasteiger partial charge is 0.496 e. The molecule has 0 heterocycles. The summed E-state index contributed by atoms with van der Waals surface area (Å²) >= 11 is 0. The number of amides is 1. The summed E-state index contributed by atoms with van der Waals surface area (Å²) in [6.45, 7) is 0.294. The van der Waals surface area contributed by atoms with Crippen molar-refractivity contribution in [2.45, 2.75) is 13.0 Å². The van der Waals surface area contributed by atoms with E-state index in [1.54, 1.807) is 25.3 Å². The molecule has 0 aliphatic rings. The third-order valence-electron chi connectivity index (χ3n) is 3.70. The molecule has 0 fully saturated rings. The van der Waals surface area contributed by atoms with Gasteiger partial charge in [-0.25, -0.2) is 4.79 Å². The Bertz CT molecular complexity index is 757. The minimum absolute atomic E-state index is 0.139. The van der Waals surface area contributed by atoms with Gasteiger partial charge in [-0.15, -0.1) is 0 Å². The Morgan fingerprint density at radius 1 is 0.960 bits per heavy atom. The predicted molar refractivity (Wildman–Crippen MR) is 92.9 cm³/mol. The summed E-state index contributed by atoms with van der Waals surface area (Å²) in [5.41, 5.74) is 1.91. The first-order valence-corrected chi connectivity index (χ1v) is 7.72. The third kappa shape index (κ3) is 4.73. The molecule has 0 saturated heterocycles. The summed E-state index contributed by atoms with van der Waals surface area (Å²) in [5, 5.41) is 2.83. The van der Waals surface area contributed by atoms with Crippen molar-refractivity contribution >= 4 is 11.9 Å². The molecule has 0 bridgehead atoms. The zero-order chi connectivity index (χ0) is 18.2. The van der Waals surface area contributed by atoms with Crippen LogP contribution in [0.2, 0.25) is 0 Å². The molecule has 0 unspecified atom stereocenters. The fourth-order valence-electron chi connectivity index (χ4n) is 2.42. The van der Waals surface area contributed by atoms with Gasteiger partial charge in [-0.2, -0.15) is 0 Å². The predicted octanol–water partition coefficient (Wildman–Crippen LogP) is 2.35. The monoisotopic (exact) mass is 343 g/mol. The number of benzene rings is 2. The summed E-state index contributed by atoms with van der Waals surface area (Å²) in [6.07, 6.45) is 0.212. The van der Waals surface area contributed by atoms with E-state index < -0.39 is 5.97 Å². The highest BCUT2D eigenvalue weighted by Crippen LogP contribution is 2.21. The SMILES string of the molecule is COC(=O)c1cc(CNC(=O)Cc2ccccc2OC)ccc1OC. The smallest absolute Gasteiger partial charge is 0.341 e. The van der Waals surface area contributed by atoms with Crippen LogP contribution in [0.1, 0.15) is 21.5 Å². The molecule has 0 radical (unpaired) electrons. The van der Waals surface area contributed by atoms with Crippen molar-refractivity contribution in [2.24, 2.45) is 0 Å². The Kier molecular flexibility index (Phi) is 6.39. The number of para-hydroxylation sites is 1. The summed E-state index contributed by atoms with van der Waals surface area (Å²) in [7, 11) is 4.36. The molecule has 1 N–H and O–H groups in total. The highest BCUT2D eigenvalue weighted by molar-refractivity contribution is 5.92. The normalized spacial score (nSPS) is 10.0. The van der Waals surface area contributed by atoms with Gasteiger partial charge >= 0.3 is 5.97 Å². The number of ether oxygens (including phenoxy) is 3. The number of nitrogens with one attached hydrogen (secondary N) is 1. The number of esters is 1. The maximum absolute atomic E-state index is 12.2. The molecule has 2 rings (SSSR count). The number of hydrogen-bond donors (Lipinski definition) is 1. The molecule has 0 aliphatic heterocycles. The Hall–Kier alpha value is -3.02. The van der Waals surface area contributed by atoms with Crippen molar-refractivity contribution in [2.75, 3.05) is 21.3 Å². The van der Waals surface area contributed by atoms with E-state index in [1.807, 2.05) is 24.3 Å². The van der Waals surface area contributed by atoms with Crippen molar-refractivity contribution in [1.29, 1.82) is 0 Å². The second kappa shape index (κ2) is 8.73. The average molecular weight is 343 g/mol. The van der Waals surface area contributed by atoms with Crippen molar-refractivity contribution < 1.29 is 23.8 Å². The van der Waals surface area contributed by atoms with Crippen molar-refractivity contribution in [3.8, 4) is 11.5 Å². The van der Waals surface area contributed by atoms with Crippen LogP contribution in [0, 0.1) is 0 Å². The summed E-state index contributed by atoms with van der Waals surface area (Å²) in [4.78, 5) is 24.0. The number of carbonyl (C=O) groups is 2. The lowest BCUT2D eigenvalue weighted by molar-refractivity contribution is -0.120. The second-order valence-corrected chi connectivity index (χ2v) is 5.29. The van der Waals surface area contributed by atoms with Gasteiger partial charge in [0.05, 0.1) is 27.8 Å². The molecule has 25 heavy (non-hydrogen) atoms. The second-order valence-electron chi connectivity index (χ2n) is 5.29. The number of methoxy groups -OCH3 is 3. The van der Waals surface area contributed by atoms with Crippen LogP contribution in [0.25, 0.3) is 0 Å². The molecule has 0 aromatic heterocycles. The Morgan fingerprint density at radius 3 is 2.36 bits per heavy atom. The van der Waals surface area contributed by atoms with Crippen LogP contribution in [0.4, 0.5) is 0 Å². The topological polar surface area (TPSA) is 73.9 Å². The number of rotatable bonds is 7. The fourth-order valence-corrected chi connectivity index (χ4v) is 2.42. The van der Waals surface area contributed by atoms with Crippen LogP contribution in [0.15, 0.2) is 42.5 Å². The van der Waals surface area contributed by atoms with Gasteiger partial charge < -0.3 is 19.5 Å². The minimum Gasteiger partial charge on any atom is -0.496 e. The van der Waals surface area contributed by atoms with Crippen LogP contribution in [0.3, 0.4) is 0 Å². The zero-order valence-corrected chi connectivity index (χ0v) is 14.5. The molecular formula is C19H21NO5. The van der Waals surface area contributed by atoms with Gasteiger partial charge in [0.1, 0.15) is 17.1 Å². The third-order valence-corrected chi connectivity index (χ3v) is 3.70. The highest BCUT2D eigenvalue weighted by Gasteiger charge is 2.14. The maximum atomic E-state index is 12.2. The van der Waals surface area contributed by atoms with Crippen molar-refractivity contribution in [1.82, 2.24) is 5.32 Å². The Morgan fingerprint density at radius 2 is 1.68 bits per heavy atom. The zero-order valence-electron chi connectivity index (χ0n) is 14.5. The van der Waals surface area contributed by atoms with E-state index in [2.05, 4.69) is 5.32 Å². The molecular weight excluding hydrogens is 322 g/mol. The van der Waals surface area contributed by atoms with Crippen molar-refractivity contribution in [3.63, 3.8) is 0 Å². The van der Waals surface area contributed by atoms with Crippen molar-refractivity contribution in [3.05, 3.63) is 59.2 Å². The summed E-state index contributed by atoms with van der Waals surface area (Å²) in [5.74, 6) is 0.477. The first-order chi connectivity index (χ1) is 12.1. The van der Waals surface area contributed by atoms with Gasteiger partial charge in [0.2, 0.25) is 5.91 Å². The molecule has 2 aromatic rings. The van der Waals surface area contributed by atoms with E-state index in [0.29, 0.717) is 23.6 Å². The maximum Gasteiger partial charge on any atom is 0.341 e. The van der Waals surface area contributed by atoms with E-state index in [9.17, 15) is 9.59 Å². The van der Waals surface area contributed by atoms with Crippen LogP contribution in [0.5, 0.6) is 11.5 Å². The lowest BCUT2D eigenvalue weighted by Gasteiger charge is -2.11. The molecule has 0 aliphatic carbocycles. The molecule has 6 heteroatoms. The van der Waals surface area contributed by atoms with Gasteiger partial charge in [0.15, 0.2) is 0 Å². The van der Waals surface area contributed by atoms with Crippen LogP contribution in [-0.2, 0) is 22.5 Å². The molecule has 2 aromatic carbocycles. The fraction of sp³-hybridized carbons (Fsp3) is 0.263. The van der Waals surface area contributed by atoms with E-state index in [4.69, 9.17) is 14.2 Å². The standard InChI is InChI=1S/C19H21NO5/c1-23-16-7-5-4-6-14(16)11-18(21)20-12-13-8-9-17(24-2)15(10-13)19(22)25-3/h4-10H,11-12H2,1-3H3,(H,20,21). The highest BCUT2D eigenvalue weighted by atomic mass is 16.5. The van der Waals surface area contributed by atoms with Crippen LogP contribution >= 0.6 is 0 Å². The Labute approximate surface area is 146 Å². The molecule has 6 nitrogen and oxygen atoms in total. The molecule has 0 spiro atoms. The Balaban J connectivity index is 2.03. The van der Waals surface area contributed by atoms with Gasteiger partial charge in [0, 0.05) is 12.1 Å². The van der Waals surface area contributed by atoms with E-state index >= 15 is 0 Å². The van der Waals surface area contributed by atoms with E-state index in [1.165, 1.54) is 14.2 Å². The lowest BCUT2D eigenvalue weighted by Crippen LogP contribution is -2.25. The van der Waals surface area contributed by atoms with Gasteiger partial charge in [0.25, 0.3) is 0 Å². The first kappa shape index (κ1) is 18.3. The number of hydrogen-bond acceptors (Lipinski definition) is 5.